The summed E-state index contributed by atoms with van der Waals surface area (Å²) in [5, 5.41) is 0. The van der Waals surface area contributed by atoms with Crippen LogP contribution in [-0.4, -0.2) is 13.4 Å². The maximum absolute atomic E-state index is 12.8. The van der Waals surface area contributed by atoms with E-state index in [0.717, 1.165) is 12.1 Å². The Kier molecular flexibility index (Phi) is 3.13. The first-order valence-electron chi connectivity index (χ1n) is 6.07. The van der Waals surface area contributed by atoms with Crippen LogP contribution in [0.5, 0.6) is 0 Å². The molecule has 0 amide bonds. The van der Waals surface area contributed by atoms with Gasteiger partial charge in [-0.05, 0) is 36.4 Å². The quantitative estimate of drug-likeness (QED) is 0.593. The highest BCUT2D eigenvalue weighted by molar-refractivity contribution is 7.90. The van der Waals surface area contributed by atoms with Gasteiger partial charge in [0, 0.05) is 11.8 Å². The highest BCUT2D eigenvalue weighted by atomic mass is 32.2. The van der Waals surface area contributed by atoms with Gasteiger partial charge in [-0.2, -0.15) is 0 Å². The van der Waals surface area contributed by atoms with Crippen LogP contribution in [-0.2, 0) is 15.6 Å². The molecule has 21 heavy (non-hydrogen) atoms. The molecule has 0 aliphatic heterocycles. The molecule has 108 valence electrons. The SMILES string of the molecule is Nc1ccc2nc(CS(=O)(=O)c3ccc(F)cc3)oc2c1. The zero-order valence-electron chi connectivity index (χ0n) is 10.8. The van der Waals surface area contributed by atoms with E-state index < -0.39 is 21.4 Å². The lowest BCUT2D eigenvalue weighted by molar-refractivity contribution is 0.540. The number of oxazole rings is 1. The second kappa shape index (κ2) is 4.85. The van der Waals surface area contributed by atoms with Crippen LogP contribution in [0.25, 0.3) is 11.1 Å². The Labute approximate surface area is 120 Å². The fraction of sp³-hybridized carbons (Fsp3) is 0.0714. The number of nitrogen functional groups attached to an aromatic ring is 1. The molecule has 1 heterocycles. The number of sulfone groups is 1. The third kappa shape index (κ3) is 2.73. The van der Waals surface area contributed by atoms with Crippen molar-refractivity contribution in [3.8, 4) is 0 Å². The Hall–Kier alpha value is -2.41. The van der Waals surface area contributed by atoms with Crippen molar-refractivity contribution in [2.45, 2.75) is 10.6 Å². The van der Waals surface area contributed by atoms with E-state index in [1.165, 1.54) is 12.1 Å². The highest BCUT2D eigenvalue weighted by Crippen LogP contribution is 2.22. The number of fused-ring (bicyclic) bond motifs is 1. The third-order valence-electron chi connectivity index (χ3n) is 2.94. The van der Waals surface area contributed by atoms with Crippen molar-refractivity contribution >= 4 is 26.6 Å². The van der Waals surface area contributed by atoms with Crippen LogP contribution >= 0.6 is 0 Å². The molecule has 0 atom stereocenters. The van der Waals surface area contributed by atoms with E-state index in [9.17, 15) is 12.8 Å². The van der Waals surface area contributed by atoms with Crippen LogP contribution < -0.4 is 5.73 Å². The molecule has 3 rings (SSSR count). The van der Waals surface area contributed by atoms with Crippen LogP contribution in [0.2, 0.25) is 0 Å². The molecule has 0 spiro atoms. The number of rotatable bonds is 3. The lowest BCUT2D eigenvalue weighted by atomic mass is 10.3. The summed E-state index contributed by atoms with van der Waals surface area (Å²) in [6.07, 6.45) is 0. The summed E-state index contributed by atoms with van der Waals surface area (Å²) in [7, 11) is -3.64. The second-order valence-electron chi connectivity index (χ2n) is 4.55. The number of hydrogen-bond donors (Lipinski definition) is 1. The molecular weight excluding hydrogens is 295 g/mol. The van der Waals surface area contributed by atoms with Crippen molar-refractivity contribution in [1.82, 2.24) is 4.98 Å². The smallest absolute Gasteiger partial charge is 0.211 e. The van der Waals surface area contributed by atoms with E-state index >= 15 is 0 Å². The van der Waals surface area contributed by atoms with Gasteiger partial charge in [0.1, 0.15) is 17.1 Å². The molecule has 1 aromatic heterocycles. The molecule has 2 N–H and O–H groups in total. The molecule has 0 saturated carbocycles. The summed E-state index contributed by atoms with van der Waals surface area (Å²) in [4.78, 5) is 4.13. The van der Waals surface area contributed by atoms with Gasteiger partial charge in [-0.25, -0.2) is 17.8 Å². The first-order valence-corrected chi connectivity index (χ1v) is 7.72. The topological polar surface area (TPSA) is 86.2 Å². The van der Waals surface area contributed by atoms with Gasteiger partial charge in [-0.3, -0.25) is 0 Å². The summed E-state index contributed by atoms with van der Waals surface area (Å²) < 4.78 is 42.6. The van der Waals surface area contributed by atoms with Gasteiger partial charge < -0.3 is 10.2 Å². The average Bonchev–Trinajstić information content (AvgIpc) is 2.79. The van der Waals surface area contributed by atoms with E-state index in [2.05, 4.69) is 4.98 Å². The number of hydrogen-bond acceptors (Lipinski definition) is 5. The Bertz CT molecular complexity index is 902. The zero-order valence-corrected chi connectivity index (χ0v) is 11.6. The van der Waals surface area contributed by atoms with Crippen molar-refractivity contribution in [1.29, 1.82) is 0 Å². The zero-order chi connectivity index (χ0) is 15.0. The molecule has 5 nitrogen and oxygen atoms in total. The Morgan fingerprint density at radius 3 is 2.57 bits per heavy atom. The van der Waals surface area contributed by atoms with Crippen molar-refractivity contribution < 1.29 is 17.2 Å². The summed E-state index contributed by atoms with van der Waals surface area (Å²) >= 11 is 0. The van der Waals surface area contributed by atoms with Crippen molar-refractivity contribution in [2.75, 3.05) is 5.73 Å². The van der Waals surface area contributed by atoms with E-state index in [4.69, 9.17) is 10.2 Å². The summed E-state index contributed by atoms with van der Waals surface area (Å²) in [5.41, 5.74) is 7.10. The van der Waals surface area contributed by atoms with Gasteiger partial charge in [0.2, 0.25) is 5.89 Å². The summed E-state index contributed by atoms with van der Waals surface area (Å²) in [6, 6.07) is 9.51. The minimum absolute atomic E-state index is 0.0191. The van der Waals surface area contributed by atoms with Gasteiger partial charge in [0.15, 0.2) is 15.4 Å². The monoisotopic (exact) mass is 306 g/mol. The molecular formula is C14H11FN2O3S. The van der Waals surface area contributed by atoms with Crippen molar-refractivity contribution in [2.24, 2.45) is 0 Å². The van der Waals surface area contributed by atoms with E-state index in [-0.39, 0.29) is 10.8 Å². The molecule has 0 bridgehead atoms. The van der Waals surface area contributed by atoms with E-state index in [1.54, 1.807) is 18.2 Å². The fourth-order valence-electron chi connectivity index (χ4n) is 1.94. The van der Waals surface area contributed by atoms with Crippen LogP contribution in [0.3, 0.4) is 0 Å². The predicted molar refractivity (Wildman–Crippen MR) is 75.7 cm³/mol. The largest absolute Gasteiger partial charge is 0.439 e. The average molecular weight is 306 g/mol. The number of halogens is 1. The maximum atomic E-state index is 12.8. The molecule has 2 aromatic carbocycles. The standard InChI is InChI=1S/C14H11FN2O3S/c15-9-1-4-11(5-2-9)21(18,19)8-14-17-12-6-3-10(16)7-13(12)20-14/h1-7H,8,16H2. The van der Waals surface area contributed by atoms with E-state index in [1.807, 2.05) is 0 Å². The maximum Gasteiger partial charge on any atom is 0.211 e. The molecule has 0 unspecified atom stereocenters. The molecule has 0 aliphatic carbocycles. The molecule has 7 heteroatoms. The summed E-state index contributed by atoms with van der Waals surface area (Å²) in [5.74, 6) is -0.820. The van der Waals surface area contributed by atoms with Gasteiger partial charge in [-0.15, -0.1) is 0 Å². The van der Waals surface area contributed by atoms with Gasteiger partial charge in [-0.1, -0.05) is 0 Å². The lowest BCUT2D eigenvalue weighted by Gasteiger charge is -2.01. The van der Waals surface area contributed by atoms with Crippen LogP contribution in [0.1, 0.15) is 5.89 Å². The normalized spacial score (nSPS) is 11.9. The van der Waals surface area contributed by atoms with Crippen LogP contribution in [0.4, 0.5) is 10.1 Å². The number of aromatic nitrogens is 1. The highest BCUT2D eigenvalue weighted by Gasteiger charge is 2.19. The minimum atomic E-state index is -3.64. The van der Waals surface area contributed by atoms with Crippen molar-refractivity contribution in [3.05, 3.63) is 54.2 Å². The first-order chi connectivity index (χ1) is 9.94. The van der Waals surface area contributed by atoms with Gasteiger partial charge in [0.25, 0.3) is 0 Å². The number of benzene rings is 2. The minimum Gasteiger partial charge on any atom is -0.439 e. The Morgan fingerprint density at radius 1 is 1.14 bits per heavy atom. The lowest BCUT2D eigenvalue weighted by Crippen LogP contribution is -2.05. The molecule has 3 aromatic rings. The fourth-order valence-corrected chi connectivity index (χ4v) is 3.10. The second-order valence-corrected chi connectivity index (χ2v) is 6.54. The Balaban J connectivity index is 1.95. The van der Waals surface area contributed by atoms with E-state index in [0.29, 0.717) is 16.8 Å². The Morgan fingerprint density at radius 2 is 1.86 bits per heavy atom. The van der Waals surface area contributed by atoms with Crippen molar-refractivity contribution in [3.63, 3.8) is 0 Å². The number of nitrogens with zero attached hydrogens (tertiary/aromatic N) is 1. The first kappa shape index (κ1) is 13.6. The molecule has 0 aliphatic rings. The van der Waals surface area contributed by atoms with Crippen LogP contribution in [0.15, 0.2) is 51.8 Å². The van der Waals surface area contributed by atoms with Gasteiger partial charge >= 0.3 is 0 Å². The molecule has 0 saturated heterocycles. The van der Waals surface area contributed by atoms with Gasteiger partial charge in [0.05, 0.1) is 4.90 Å². The van der Waals surface area contributed by atoms with Crippen LogP contribution in [0, 0.1) is 5.82 Å². The number of nitrogens with two attached hydrogens (primary N) is 1. The summed E-state index contributed by atoms with van der Waals surface area (Å²) in [6.45, 7) is 0. The molecule has 0 radical (unpaired) electrons. The third-order valence-corrected chi connectivity index (χ3v) is 4.56. The molecule has 0 fully saturated rings. The predicted octanol–water partition coefficient (Wildman–Crippen LogP) is 2.52. The number of anilines is 1.